The van der Waals surface area contributed by atoms with Crippen LogP contribution < -0.4 is 5.32 Å². The van der Waals surface area contributed by atoms with Crippen molar-refractivity contribution < 1.29 is 18.3 Å². The molecule has 0 atom stereocenters. The Morgan fingerprint density at radius 3 is 2.41 bits per heavy atom. The zero-order valence-corrected chi connectivity index (χ0v) is 11.3. The fourth-order valence-electron chi connectivity index (χ4n) is 2.05. The van der Waals surface area contributed by atoms with Gasteiger partial charge in [-0.3, -0.25) is 0 Å². The minimum atomic E-state index is -3.11. The van der Waals surface area contributed by atoms with Crippen molar-refractivity contribution in [2.75, 3.05) is 46.2 Å². The second-order valence-electron chi connectivity index (χ2n) is 4.52. The molecule has 102 valence electrons. The van der Waals surface area contributed by atoms with Crippen LogP contribution in [0.2, 0.25) is 0 Å². The molecule has 1 fully saturated rings. The van der Waals surface area contributed by atoms with E-state index in [0.29, 0.717) is 39.1 Å². The van der Waals surface area contributed by atoms with Gasteiger partial charge >= 0.3 is 0 Å². The third-order valence-corrected chi connectivity index (χ3v) is 4.56. The number of aliphatic hydroxyl groups is 1. The van der Waals surface area contributed by atoms with Crippen LogP contribution in [0.25, 0.3) is 0 Å². The molecule has 0 radical (unpaired) electrons. The summed E-state index contributed by atoms with van der Waals surface area (Å²) in [5.74, 6) is 0. The first-order chi connectivity index (χ1) is 7.93. The summed E-state index contributed by atoms with van der Waals surface area (Å²) in [5.41, 5.74) is -0.361. The summed E-state index contributed by atoms with van der Waals surface area (Å²) in [6.07, 6.45) is 2.47. The zero-order valence-electron chi connectivity index (χ0n) is 10.5. The highest BCUT2D eigenvalue weighted by Gasteiger charge is 2.35. The number of ether oxygens (including phenoxy) is 1. The predicted octanol–water partition coefficient (Wildman–Crippen LogP) is -0.991. The van der Waals surface area contributed by atoms with Gasteiger partial charge in [0, 0.05) is 32.3 Å². The summed E-state index contributed by atoms with van der Waals surface area (Å²) in [4.78, 5) is 0. The van der Waals surface area contributed by atoms with Gasteiger partial charge in [0.15, 0.2) is 0 Å². The van der Waals surface area contributed by atoms with E-state index in [9.17, 15) is 13.5 Å². The molecule has 0 unspecified atom stereocenters. The average molecular weight is 266 g/mol. The van der Waals surface area contributed by atoms with Gasteiger partial charge in [0.05, 0.1) is 19.5 Å². The van der Waals surface area contributed by atoms with Crippen molar-refractivity contribution in [2.24, 2.45) is 0 Å². The van der Waals surface area contributed by atoms with E-state index in [4.69, 9.17) is 4.74 Å². The molecular weight excluding hydrogens is 244 g/mol. The normalized spacial score (nSPS) is 21.6. The number of hydrogen-bond acceptors (Lipinski definition) is 5. The van der Waals surface area contributed by atoms with E-state index < -0.39 is 10.0 Å². The highest BCUT2D eigenvalue weighted by Crippen LogP contribution is 2.23. The lowest BCUT2D eigenvalue weighted by atomic mass is 9.89. The number of methoxy groups -OCH3 is 1. The lowest BCUT2D eigenvalue weighted by Crippen LogP contribution is -2.57. The second-order valence-corrected chi connectivity index (χ2v) is 6.50. The molecule has 1 rings (SSSR count). The van der Waals surface area contributed by atoms with Gasteiger partial charge in [-0.2, -0.15) is 0 Å². The molecule has 0 spiro atoms. The minimum absolute atomic E-state index is 0.0221. The van der Waals surface area contributed by atoms with Crippen LogP contribution in [0.4, 0.5) is 0 Å². The van der Waals surface area contributed by atoms with Crippen molar-refractivity contribution in [1.82, 2.24) is 9.62 Å². The zero-order chi connectivity index (χ0) is 12.9. The Kier molecular flexibility index (Phi) is 5.33. The first-order valence-electron chi connectivity index (χ1n) is 5.73. The topological polar surface area (TPSA) is 78.9 Å². The monoisotopic (exact) mass is 266 g/mol. The van der Waals surface area contributed by atoms with Crippen LogP contribution in [0.5, 0.6) is 0 Å². The van der Waals surface area contributed by atoms with Crippen LogP contribution in [0.15, 0.2) is 0 Å². The first-order valence-corrected chi connectivity index (χ1v) is 7.58. The summed E-state index contributed by atoms with van der Waals surface area (Å²) in [7, 11) is -1.49. The Bertz CT molecular complexity index is 323. The van der Waals surface area contributed by atoms with Crippen LogP contribution in [0.3, 0.4) is 0 Å². The highest BCUT2D eigenvalue weighted by atomic mass is 32.2. The van der Waals surface area contributed by atoms with Crippen LogP contribution in [-0.2, 0) is 14.8 Å². The van der Waals surface area contributed by atoms with Gasteiger partial charge < -0.3 is 15.2 Å². The predicted molar refractivity (Wildman–Crippen MR) is 65.3 cm³/mol. The van der Waals surface area contributed by atoms with Crippen LogP contribution in [-0.4, -0.2) is 69.6 Å². The third-order valence-electron chi connectivity index (χ3n) is 3.26. The quantitative estimate of drug-likeness (QED) is 0.604. The Morgan fingerprint density at radius 1 is 1.41 bits per heavy atom. The number of aliphatic hydroxyl groups excluding tert-OH is 1. The standard InChI is InChI=1S/C10H22N2O4S/c1-16-8-5-11-10(9-13)3-6-12(7-4-10)17(2,14)15/h11,13H,3-9H2,1-2H3. The summed E-state index contributed by atoms with van der Waals surface area (Å²) < 4.78 is 29.1. The van der Waals surface area contributed by atoms with Gasteiger partial charge in [0.1, 0.15) is 0 Å². The third kappa shape index (κ3) is 4.18. The maximum Gasteiger partial charge on any atom is 0.211 e. The smallest absolute Gasteiger partial charge is 0.211 e. The van der Waals surface area contributed by atoms with Crippen molar-refractivity contribution in [2.45, 2.75) is 18.4 Å². The largest absolute Gasteiger partial charge is 0.394 e. The number of nitrogens with zero attached hydrogens (tertiary/aromatic N) is 1. The van der Waals surface area contributed by atoms with Crippen LogP contribution in [0.1, 0.15) is 12.8 Å². The van der Waals surface area contributed by atoms with Crippen molar-refractivity contribution in [3.8, 4) is 0 Å². The summed E-state index contributed by atoms with van der Waals surface area (Å²) >= 11 is 0. The Hall–Kier alpha value is -0.210. The van der Waals surface area contributed by atoms with Crippen molar-refractivity contribution >= 4 is 10.0 Å². The maximum absolute atomic E-state index is 11.4. The fraction of sp³-hybridized carbons (Fsp3) is 1.00. The van der Waals surface area contributed by atoms with Crippen LogP contribution >= 0.6 is 0 Å². The Balaban J connectivity index is 2.51. The van der Waals surface area contributed by atoms with E-state index in [1.54, 1.807) is 7.11 Å². The molecule has 1 saturated heterocycles. The lowest BCUT2D eigenvalue weighted by molar-refractivity contribution is 0.0951. The van der Waals surface area contributed by atoms with Crippen molar-refractivity contribution in [3.05, 3.63) is 0 Å². The van der Waals surface area contributed by atoms with E-state index in [-0.39, 0.29) is 12.1 Å². The summed E-state index contributed by atoms with van der Waals surface area (Å²) in [5, 5.41) is 12.7. The van der Waals surface area contributed by atoms with E-state index >= 15 is 0 Å². The molecule has 0 amide bonds. The van der Waals surface area contributed by atoms with E-state index in [1.807, 2.05) is 0 Å². The van der Waals surface area contributed by atoms with Gasteiger partial charge in [0.2, 0.25) is 10.0 Å². The van der Waals surface area contributed by atoms with Gasteiger partial charge in [-0.15, -0.1) is 0 Å². The number of hydrogen-bond donors (Lipinski definition) is 2. The van der Waals surface area contributed by atoms with Gasteiger partial charge in [0.25, 0.3) is 0 Å². The van der Waals surface area contributed by atoms with E-state index in [2.05, 4.69) is 5.32 Å². The van der Waals surface area contributed by atoms with Crippen molar-refractivity contribution in [3.63, 3.8) is 0 Å². The molecule has 0 aliphatic carbocycles. The molecule has 0 bridgehead atoms. The number of nitrogens with one attached hydrogen (secondary N) is 1. The Labute approximate surface area is 103 Å². The summed E-state index contributed by atoms with van der Waals surface area (Å²) in [6.45, 7) is 2.18. The van der Waals surface area contributed by atoms with Gasteiger partial charge in [-0.25, -0.2) is 12.7 Å². The van der Waals surface area contributed by atoms with Gasteiger partial charge in [-0.1, -0.05) is 0 Å². The fourth-order valence-corrected chi connectivity index (χ4v) is 2.90. The summed E-state index contributed by atoms with van der Waals surface area (Å²) in [6, 6.07) is 0. The number of sulfonamides is 1. The minimum Gasteiger partial charge on any atom is -0.394 e. The first kappa shape index (κ1) is 14.8. The maximum atomic E-state index is 11.4. The van der Waals surface area contributed by atoms with Crippen LogP contribution in [0, 0.1) is 0 Å². The molecular formula is C10H22N2O4S. The molecule has 1 aliphatic heterocycles. The molecule has 1 heterocycles. The van der Waals surface area contributed by atoms with E-state index in [1.165, 1.54) is 10.6 Å². The molecule has 6 nitrogen and oxygen atoms in total. The number of rotatable bonds is 6. The number of piperidine rings is 1. The molecule has 0 aromatic carbocycles. The lowest BCUT2D eigenvalue weighted by Gasteiger charge is -2.40. The Morgan fingerprint density at radius 2 is 2.00 bits per heavy atom. The highest BCUT2D eigenvalue weighted by molar-refractivity contribution is 7.88. The SMILES string of the molecule is COCCNC1(CO)CCN(S(C)(=O)=O)CC1. The molecule has 1 aliphatic rings. The molecule has 0 saturated carbocycles. The van der Waals surface area contributed by atoms with E-state index in [0.717, 1.165) is 0 Å². The second kappa shape index (κ2) is 6.10. The molecule has 2 N–H and O–H groups in total. The van der Waals surface area contributed by atoms with Gasteiger partial charge in [-0.05, 0) is 12.8 Å². The molecule has 0 aromatic rings. The molecule has 17 heavy (non-hydrogen) atoms. The molecule has 0 aromatic heterocycles. The average Bonchev–Trinajstić information content (AvgIpc) is 2.29. The molecule has 7 heteroatoms. The van der Waals surface area contributed by atoms with Crippen molar-refractivity contribution in [1.29, 1.82) is 0 Å².